The van der Waals surface area contributed by atoms with Crippen LogP contribution in [0.2, 0.25) is 72.5 Å². The van der Waals surface area contributed by atoms with E-state index in [2.05, 4.69) is 160 Å². The lowest BCUT2D eigenvalue weighted by Crippen LogP contribution is -2.70. The predicted molar refractivity (Wildman–Crippen MR) is 399 cm³/mol. The number of rotatable bonds is 26. The summed E-state index contributed by atoms with van der Waals surface area (Å²) >= 11 is 0. The number of carbonyl (C=O) groups excluding carboxylic acids is 2. The third kappa shape index (κ3) is 20.2. The summed E-state index contributed by atoms with van der Waals surface area (Å²) < 4.78 is 99.1. The molecular formula is C77H128N2O17Si4. The van der Waals surface area contributed by atoms with Gasteiger partial charge in [-0.25, -0.2) is 9.59 Å². The van der Waals surface area contributed by atoms with Crippen molar-refractivity contribution < 1.29 is 79.8 Å². The number of aliphatic hydroxyl groups is 1. The van der Waals surface area contributed by atoms with Crippen LogP contribution in [0.1, 0.15) is 166 Å². The molecular weight excluding hydrogens is 1340 g/mol. The first-order valence-electron chi connectivity index (χ1n) is 37.1. The van der Waals surface area contributed by atoms with Crippen molar-refractivity contribution in [3.8, 4) is 0 Å². The van der Waals surface area contributed by atoms with Crippen LogP contribution >= 0.6 is 0 Å². The predicted octanol–water partition coefficient (Wildman–Crippen LogP) is 16.5. The van der Waals surface area contributed by atoms with Gasteiger partial charge in [0.1, 0.15) is 43.7 Å². The molecule has 4 aliphatic heterocycles. The summed E-state index contributed by atoms with van der Waals surface area (Å²) in [7, 11) is -10.2. The molecule has 3 aromatic rings. The average Bonchev–Trinajstić information content (AvgIpc) is 1.21. The fourth-order valence-corrected chi connectivity index (χ4v) is 18.0. The Morgan fingerprint density at radius 1 is 0.520 bits per heavy atom. The maximum absolute atomic E-state index is 14.7. The van der Waals surface area contributed by atoms with E-state index in [1.54, 1.807) is 0 Å². The standard InChI is InChI=1S/C77H128N2O17Si4/c1-25-55-63(92-70-59(79-73(82)85-47-52-39-32-28-33-40-52)65(95-99(21,22)76(11,12)13)64(56(26-2)87-70)94-98(19,20)75(8,9)10)67(96-100(23,24)77(14,15)16)71(88-55)93-66-60(80)54(43-36-44-86-97(17,18)74(5,6)7)45-49(3)61(66)90-69-58(78-72(81)84-46-51-37-30-27-31-38-51)50(4)62-57(89-69)48-83-68(91-62)53-41-34-29-35-42-53/h27-35,37-42,49-50,54-71,80H,25-26,36,43-48H2,1-24H3,(H,78,81)(H,79,82)/t49-,50+,54+,55+,56-,57+,58+,59+,60-,61+,62-,63+,64+,65+,66+,67+,68?,69+,70+,71-/m0/s1. The van der Waals surface area contributed by atoms with E-state index in [1.807, 2.05) is 105 Å². The lowest BCUT2D eigenvalue weighted by molar-refractivity contribution is -0.353. The van der Waals surface area contributed by atoms with E-state index in [9.17, 15) is 14.7 Å². The van der Waals surface area contributed by atoms with Crippen molar-refractivity contribution in [3.63, 3.8) is 0 Å². The molecule has 5 aliphatic rings. The molecule has 5 fully saturated rings. The van der Waals surface area contributed by atoms with Crippen molar-refractivity contribution >= 4 is 45.5 Å². The zero-order chi connectivity index (χ0) is 73.7. The van der Waals surface area contributed by atoms with Crippen LogP contribution in [-0.2, 0) is 78.3 Å². The lowest BCUT2D eigenvalue weighted by Gasteiger charge is -2.53. The maximum Gasteiger partial charge on any atom is 0.407 e. The minimum Gasteiger partial charge on any atom is -0.445 e. The van der Waals surface area contributed by atoms with Crippen LogP contribution < -0.4 is 10.6 Å². The molecule has 19 nitrogen and oxygen atoms in total. The number of aliphatic hydroxyl groups excluding tert-OH is 1. The van der Waals surface area contributed by atoms with Crippen molar-refractivity contribution in [1.82, 2.24) is 10.6 Å². The quantitative estimate of drug-likeness (QED) is 0.0504. The molecule has 0 aromatic heterocycles. The Hall–Kier alpha value is -3.45. The first-order chi connectivity index (χ1) is 46.6. The highest BCUT2D eigenvalue weighted by Gasteiger charge is 2.60. The molecule has 23 heteroatoms. The topological polar surface area (TPSA) is 208 Å². The van der Waals surface area contributed by atoms with Crippen LogP contribution in [0.15, 0.2) is 91.0 Å². The van der Waals surface area contributed by atoms with E-state index >= 15 is 0 Å². The average molecular weight is 1470 g/mol. The van der Waals surface area contributed by atoms with Crippen LogP contribution in [-0.4, -0.2) is 162 Å². The highest BCUT2D eigenvalue weighted by Crippen LogP contribution is 2.49. The van der Waals surface area contributed by atoms with Crippen LogP contribution in [0.25, 0.3) is 0 Å². The van der Waals surface area contributed by atoms with Gasteiger partial charge in [-0.1, -0.05) is 202 Å². The van der Waals surface area contributed by atoms with E-state index in [0.29, 0.717) is 38.7 Å². The summed E-state index contributed by atoms with van der Waals surface area (Å²) in [6.07, 6.45) is -10.9. The zero-order valence-electron chi connectivity index (χ0n) is 65.1. The summed E-state index contributed by atoms with van der Waals surface area (Å²) in [5.74, 6) is -0.893. The van der Waals surface area contributed by atoms with Gasteiger partial charge in [0.15, 0.2) is 58.4 Å². The number of amides is 2. The van der Waals surface area contributed by atoms with Gasteiger partial charge in [-0.05, 0) is 128 Å². The minimum absolute atomic E-state index is 0.0233. The van der Waals surface area contributed by atoms with Gasteiger partial charge in [-0.2, -0.15) is 0 Å². The fraction of sp³-hybridized carbons (Fsp3) is 0.740. The number of fused-ring (bicyclic) bond motifs is 1. The SMILES string of the molecule is CC[C@@H]1O[C@H](O[C@H]2[C@@H](O[Si](C)(C)C(C)(C)C)[C@H](O[C@@H]3[C@@H](O)[C@H](CCCO[Si](C)(C)C(C)(C)C)C[C@H](C)[C@H]3O[C@H]3O[C@@H]4COC(c5ccccc5)O[C@H]4[C@H](C)[C@H]3NC(=O)OCc3ccccc3)O[C@@H]2CC)[C@H](NC(=O)OCc2ccccc2)[C@@H](O[Si](C)(C)C(C)(C)C)[C@@H]1O[Si](C)(C)C(C)(C)C. The second-order valence-electron chi connectivity index (χ2n) is 35.0. The van der Waals surface area contributed by atoms with Gasteiger partial charge in [-0.3, -0.25) is 0 Å². The Bertz CT molecular complexity index is 3030. The van der Waals surface area contributed by atoms with Gasteiger partial charge in [0, 0.05) is 18.1 Å². The Balaban J connectivity index is 1.19. The molecule has 0 spiro atoms. The van der Waals surface area contributed by atoms with Gasteiger partial charge in [0.2, 0.25) is 0 Å². The number of nitrogens with one attached hydrogen (secondary N) is 2. The first-order valence-corrected chi connectivity index (χ1v) is 48.7. The molecule has 1 aliphatic carbocycles. The highest BCUT2D eigenvalue weighted by molar-refractivity contribution is 6.75. The van der Waals surface area contributed by atoms with Gasteiger partial charge < -0.3 is 80.8 Å². The highest BCUT2D eigenvalue weighted by atomic mass is 28.4. The number of alkyl carbamates (subject to hydrolysis) is 2. The third-order valence-electron chi connectivity index (χ3n) is 23.5. The molecule has 20 atom stereocenters. The van der Waals surface area contributed by atoms with Gasteiger partial charge >= 0.3 is 12.2 Å². The molecule has 3 aromatic carbocycles. The molecule has 8 rings (SSSR count). The van der Waals surface area contributed by atoms with E-state index in [1.165, 1.54) is 0 Å². The summed E-state index contributed by atoms with van der Waals surface area (Å²) in [5.41, 5.74) is 2.52. The van der Waals surface area contributed by atoms with Crippen LogP contribution in [0.4, 0.5) is 9.59 Å². The number of hydrogen-bond donors (Lipinski definition) is 3. The molecule has 2 amide bonds. The second kappa shape index (κ2) is 33.6. The monoisotopic (exact) mass is 1460 g/mol. The van der Waals surface area contributed by atoms with Crippen molar-refractivity contribution in [2.24, 2.45) is 17.8 Å². The van der Waals surface area contributed by atoms with Crippen LogP contribution in [0.3, 0.4) is 0 Å². The smallest absolute Gasteiger partial charge is 0.407 e. The van der Waals surface area contributed by atoms with Gasteiger partial charge in [-0.15, -0.1) is 0 Å². The number of hydrogen-bond acceptors (Lipinski definition) is 17. The van der Waals surface area contributed by atoms with Crippen molar-refractivity contribution in [3.05, 3.63) is 108 Å². The van der Waals surface area contributed by atoms with E-state index in [0.717, 1.165) is 16.7 Å². The third-order valence-corrected chi connectivity index (χ3v) is 41.4. The molecule has 564 valence electrons. The Kier molecular flexibility index (Phi) is 27.6. The van der Waals surface area contributed by atoms with Crippen molar-refractivity contribution in [2.45, 2.75) is 333 Å². The number of benzene rings is 3. The maximum atomic E-state index is 14.7. The van der Waals surface area contributed by atoms with Gasteiger partial charge in [0.05, 0.1) is 55.4 Å². The van der Waals surface area contributed by atoms with Crippen molar-refractivity contribution in [1.29, 1.82) is 0 Å². The molecule has 3 N–H and O–H groups in total. The second-order valence-corrected chi connectivity index (χ2v) is 54.1. The molecule has 1 unspecified atom stereocenters. The normalized spacial score (nSPS) is 32.0. The summed E-state index contributed by atoms with van der Waals surface area (Å²) in [4.78, 5) is 28.9. The van der Waals surface area contributed by atoms with E-state index in [-0.39, 0.29) is 51.8 Å². The largest absolute Gasteiger partial charge is 0.445 e. The van der Waals surface area contributed by atoms with E-state index < -0.39 is 156 Å². The van der Waals surface area contributed by atoms with Crippen LogP contribution in [0.5, 0.6) is 0 Å². The zero-order valence-corrected chi connectivity index (χ0v) is 69.1. The van der Waals surface area contributed by atoms with Crippen molar-refractivity contribution in [2.75, 3.05) is 13.2 Å². The lowest BCUT2D eigenvalue weighted by atomic mass is 9.74. The first kappa shape index (κ1) is 82.2. The van der Waals surface area contributed by atoms with Gasteiger partial charge in [0.25, 0.3) is 0 Å². The number of ether oxygens (including phenoxy) is 10. The summed E-state index contributed by atoms with van der Waals surface area (Å²) in [5, 5.41) is 19.1. The van der Waals surface area contributed by atoms with E-state index in [4.69, 9.17) is 65.1 Å². The minimum atomic E-state index is -2.81. The molecule has 0 bridgehead atoms. The summed E-state index contributed by atoms with van der Waals surface area (Å²) in [6.45, 7) is 53.5. The fourth-order valence-electron chi connectivity index (χ4n) is 13.0. The Labute approximate surface area is 604 Å². The molecule has 0 radical (unpaired) electrons. The Morgan fingerprint density at radius 2 is 0.960 bits per heavy atom. The number of carbonyl (C=O) groups is 2. The molecule has 4 heterocycles. The Morgan fingerprint density at radius 3 is 1.47 bits per heavy atom. The molecule has 4 saturated heterocycles. The molecule has 100 heavy (non-hydrogen) atoms. The molecule has 1 saturated carbocycles. The summed E-state index contributed by atoms with van der Waals surface area (Å²) in [6, 6.07) is 27.1. The van der Waals surface area contributed by atoms with Crippen LogP contribution in [0, 0.1) is 17.8 Å².